The van der Waals surface area contributed by atoms with Gasteiger partial charge in [0, 0.05) is 0 Å². The van der Waals surface area contributed by atoms with Crippen LogP contribution in [-0.2, 0) is 11.3 Å². The van der Waals surface area contributed by atoms with Crippen LogP contribution in [0.15, 0.2) is 24.3 Å². The summed E-state index contributed by atoms with van der Waals surface area (Å²) in [5.41, 5.74) is 1.22. The number of rotatable bonds is 15. The van der Waals surface area contributed by atoms with E-state index in [9.17, 15) is 0 Å². The Morgan fingerprint density at radius 2 is 1.38 bits per heavy atom. The lowest BCUT2D eigenvalue weighted by Crippen LogP contribution is -2.11. The average molecular weight is 335 g/mol. The highest BCUT2D eigenvalue weighted by Crippen LogP contribution is 2.17. The van der Waals surface area contributed by atoms with Crippen LogP contribution in [0.5, 0.6) is 5.75 Å². The first-order chi connectivity index (χ1) is 11.8. The van der Waals surface area contributed by atoms with Crippen molar-refractivity contribution < 1.29 is 9.47 Å². The van der Waals surface area contributed by atoms with Crippen molar-refractivity contribution in [3.63, 3.8) is 0 Å². The Bertz CT molecular complexity index is 385. The molecule has 138 valence electrons. The van der Waals surface area contributed by atoms with Gasteiger partial charge in [-0.2, -0.15) is 0 Å². The molecule has 0 aliphatic rings. The summed E-state index contributed by atoms with van der Waals surface area (Å²) >= 11 is 0. The van der Waals surface area contributed by atoms with E-state index in [0.29, 0.717) is 12.7 Å². The Balaban J connectivity index is 2.05. The van der Waals surface area contributed by atoms with Crippen molar-refractivity contribution in [2.45, 2.75) is 97.2 Å². The highest BCUT2D eigenvalue weighted by molar-refractivity contribution is 5.26. The summed E-state index contributed by atoms with van der Waals surface area (Å²) in [6, 6.07) is 8.18. The van der Waals surface area contributed by atoms with Crippen molar-refractivity contribution >= 4 is 0 Å². The molecular weight excluding hydrogens is 296 g/mol. The lowest BCUT2D eigenvalue weighted by Gasteiger charge is -2.16. The van der Waals surface area contributed by atoms with Crippen LogP contribution in [0.2, 0.25) is 0 Å². The van der Waals surface area contributed by atoms with Crippen LogP contribution >= 0.6 is 0 Å². The summed E-state index contributed by atoms with van der Waals surface area (Å²) < 4.78 is 11.3. The summed E-state index contributed by atoms with van der Waals surface area (Å²) in [6.45, 7) is 5.22. The summed E-state index contributed by atoms with van der Waals surface area (Å²) in [7, 11) is 1.70. The zero-order chi connectivity index (χ0) is 17.5. The fourth-order valence-electron chi connectivity index (χ4n) is 3.02. The van der Waals surface area contributed by atoms with Gasteiger partial charge in [0.1, 0.15) is 5.75 Å². The molecule has 0 aliphatic carbocycles. The van der Waals surface area contributed by atoms with Gasteiger partial charge in [-0.15, -0.1) is 0 Å². The van der Waals surface area contributed by atoms with E-state index in [4.69, 9.17) is 9.47 Å². The molecule has 2 heteroatoms. The minimum absolute atomic E-state index is 0.400. The summed E-state index contributed by atoms with van der Waals surface area (Å²) in [6.07, 6.45) is 15.2. The van der Waals surface area contributed by atoms with E-state index in [2.05, 4.69) is 26.0 Å². The molecule has 0 saturated carbocycles. The Kier molecular flexibility index (Phi) is 12.6. The largest absolute Gasteiger partial charge is 0.497 e. The Morgan fingerprint density at radius 3 is 1.92 bits per heavy atom. The van der Waals surface area contributed by atoms with Gasteiger partial charge in [0.2, 0.25) is 0 Å². The molecule has 1 aromatic carbocycles. The van der Waals surface area contributed by atoms with Crippen LogP contribution in [0.25, 0.3) is 0 Å². The quantitative estimate of drug-likeness (QED) is 0.324. The molecule has 0 unspecified atom stereocenters. The molecular formula is C22H38O2. The van der Waals surface area contributed by atoms with Crippen LogP contribution in [0.3, 0.4) is 0 Å². The van der Waals surface area contributed by atoms with Gasteiger partial charge < -0.3 is 9.47 Å². The number of hydrogen-bond acceptors (Lipinski definition) is 2. The van der Waals surface area contributed by atoms with Crippen LogP contribution < -0.4 is 4.74 Å². The third kappa shape index (κ3) is 9.97. The fraction of sp³-hybridized carbons (Fsp3) is 0.727. The second kappa shape index (κ2) is 14.3. The van der Waals surface area contributed by atoms with Gasteiger partial charge in [-0.3, -0.25) is 0 Å². The minimum Gasteiger partial charge on any atom is -0.497 e. The van der Waals surface area contributed by atoms with Crippen molar-refractivity contribution in [3.8, 4) is 5.75 Å². The molecule has 1 rings (SSSR count). The molecule has 0 spiro atoms. The first kappa shape index (κ1) is 21.0. The molecule has 0 saturated heterocycles. The molecule has 0 bridgehead atoms. The maximum Gasteiger partial charge on any atom is 0.118 e. The fourth-order valence-corrected chi connectivity index (χ4v) is 3.02. The van der Waals surface area contributed by atoms with Gasteiger partial charge in [0.25, 0.3) is 0 Å². The predicted octanol–water partition coefficient (Wildman–Crippen LogP) is 6.91. The maximum absolute atomic E-state index is 6.08. The standard InChI is InChI=1S/C22H38O2/c1-4-6-7-8-9-10-11-12-13-14-21(5-2)24-19-20-15-17-22(23-3)18-16-20/h15-18,21H,4-14,19H2,1-3H3/t21-/m1/s1. The first-order valence-corrected chi connectivity index (χ1v) is 10.0. The van der Waals surface area contributed by atoms with E-state index in [-0.39, 0.29) is 0 Å². The lowest BCUT2D eigenvalue weighted by atomic mass is 10.0. The molecule has 0 aliphatic heterocycles. The zero-order valence-corrected chi connectivity index (χ0v) is 16.2. The zero-order valence-electron chi connectivity index (χ0n) is 16.2. The van der Waals surface area contributed by atoms with E-state index >= 15 is 0 Å². The van der Waals surface area contributed by atoms with Crippen molar-refractivity contribution in [2.75, 3.05) is 7.11 Å². The van der Waals surface area contributed by atoms with E-state index in [1.165, 1.54) is 69.8 Å². The predicted molar refractivity (Wildman–Crippen MR) is 104 cm³/mol. The third-order valence-electron chi connectivity index (χ3n) is 4.73. The van der Waals surface area contributed by atoms with Crippen molar-refractivity contribution in [1.82, 2.24) is 0 Å². The van der Waals surface area contributed by atoms with Gasteiger partial charge in [0.05, 0.1) is 19.8 Å². The van der Waals surface area contributed by atoms with Crippen LogP contribution in [-0.4, -0.2) is 13.2 Å². The second-order valence-electron chi connectivity index (χ2n) is 6.81. The van der Waals surface area contributed by atoms with Crippen molar-refractivity contribution in [2.24, 2.45) is 0 Å². The SMILES string of the molecule is CCCCCCCCCCC[C@@H](CC)OCc1ccc(OC)cc1. The summed E-state index contributed by atoms with van der Waals surface area (Å²) in [4.78, 5) is 0. The molecule has 1 atom stereocenters. The first-order valence-electron chi connectivity index (χ1n) is 10.0. The van der Waals surface area contributed by atoms with Crippen molar-refractivity contribution in [1.29, 1.82) is 0 Å². The van der Waals surface area contributed by atoms with Gasteiger partial charge in [-0.25, -0.2) is 0 Å². The third-order valence-corrected chi connectivity index (χ3v) is 4.73. The topological polar surface area (TPSA) is 18.5 Å². The van der Waals surface area contributed by atoms with Crippen LogP contribution in [0.4, 0.5) is 0 Å². The van der Waals surface area contributed by atoms with Crippen LogP contribution in [0.1, 0.15) is 90.0 Å². The monoisotopic (exact) mass is 334 g/mol. The maximum atomic E-state index is 6.08. The molecule has 0 N–H and O–H groups in total. The Hall–Kier alpha value is -1.02. The highest BCUT2D eigenvalue weighted by atomic mass is 16.5. The van der Waals surface area contributed by atoms with Crippen molar-refractivity contribution in [3.05, 3.63) is 29.8 Å². The van der Waals surface area contributed by atoms with Crippen LogP contribution in [0, 0.1) is 0 Å². The number of unbranched alkanes of at least 4 members (excludes halogenated alkanes) is 8. The molecule has 2 nitrogen and oxygen atoms in total. The smallest absolute Gasteiger partial charge is 0.118 e. The number of methoxy groups -OCH3 is 1. The van der Waals surface area contributed by atoms with Gasteiger partial charge in [-0.1, -0.05) is 83.8 Å². The molecule has 24 heavy (non-hydrogen) atoms. The van der Waals surface area contributed by atoms with E-state index in [1.807, 2.05) is 12.1 Å². The van der Waals surface area contributed by atoms with Gasteiger partial charge in [-0.05, 0) is 30.5 Å². The number of benzene rings is 1. The normalized spacial score (nSPS) is 12.3. The molecule has 0 radical (unpaired) electrons. The van der Waals surface area contributed by atoms with E-state index < -0.39 is 0 Å². The summed E-state index contributed by atoms with van der Waals surface area (Å²) in [5, 5.41) is 0. The summed E-state index contributed by atoms with van der Waals surface area (Å²) in [5.74, 6) is 0.903. The molecule has 0 aromatic heterocycles. The molecule has 1 aromatic rings. The molecule has 0 amide bonds. The van der Waals surface area contributed by atoms with Gasteiger partial charge >= 0.3 is 0 Å². The average Bonchev–Trinajstić information content (AvgIpc) is 2.63. The molecule has 0 heterocycles. The Morgan fingerprint density at radius 1 is 0.792 bits per heavy atom. The number of ether oxygens (including phenoxy) is 2. The van der Waals surface area contributed by atoms with E-state index in [0.717, 1.165) is 12.2 Å². The van der Waals surface area contributed by atoms with Gasteiger partial charge in [0.15, 0.2) is 0 Å². The second-order valence-corrected chi connectivity index (χ2v) is 6.81. The van der Waals surface area contributed by atoms with E-state index in [1.54, 1.807) is 7.11 Å². The minimum atomic E-state index is 0.400. The lowest BCUT2D eigenvalue weighted by molar-refractivity contribution is 0.0309. The Labute approximate surface area is 149 Å². The number of hydrogen-bond donors (Lipinski definition) is 0. The molecule has 0 fully saturated rings. The highest BCUT2D eigenvalue weighted by Gasteiger charge is 2.07.